The predicted molar refractivity (Wildman–Crippen MR) is 74.6 cm³/mol. The van der Waals surface area contributed by atoms with Crippen molar-refractivity contribution in [1.82, 2.24) is 4.31 Å². The molecule has 7 heteroatoms. The van der Waals surface area contributed by atoms with Crippen molar-refractivity contribution < 1.29 is 22.7 Å². The SMILES string of the molecule is O=S(=O)(c1ccc(C#CCCO)c(F)c1)N1CCOCC1. The molecule has 1 saturated heterocycles. The van der Waals surface area contributed by atoms with Crippen LogP contribution in [-0.4, -0.2) is 50.7 Å². The summed E-state index contributed by atoms with van der Waals surface area (Å²) in [6.45, 7) is 1.11. The normalized spacial score (nSPS) is 16.3. The van der Waals surface area contributed by atoms with E-state index in [1.54, 1.807) is 0 Å². The molecule has 0 atom stereocenters. The molecule has 1 aromatic rings. The molecule has 0 spiro atoms. The van der Waals surface area contributed by atoms with Gasteiger partial charge in [0.05, 0.1) is 30.3 Å². The van der Waals surface area contributed by atoms with Gasteiger partial charge in [-0.15, -0.1) is 0 Å². The lowest BCUT2D eigenvalue weighted by Crippen LogP contribution is -2.40. The smallest absolute Gasteiger partial charge is 0.243 e. The second kappa shape index (κ2) is 7.00. The molecular weight excluding hydrogens is 297 g/mol. The molecule has 0 aliphatic carbocycles. The molecule has 0 aromatic heterocycles. The molecule has 0 bridgehead atoms. The molecule has 1 N–H and O–H groups in total. The second-order valence-electron chi connectivity index (χ2n) is 4.43. The first-order chi connectivity index (χ1) is 10.1. The average molecular weight is 313 g/mol. The van der Waals surface area contributed by atoms with Gasteiger partial charge in [-0.2, -0.15) is 4.31 Å². The third-order valence-electron chi connectivity index (χ3n) is 3.01. The molecule has 1 aliphatic heterocycles. The quantitative estimate of drug-likeness (QED) is 0.829. The van der Waals surface area contributed by atoms with Crippen LogP contribution in [0, 0.1) is 17.7 Å². The third-order valence-corrected chi connectivity index (χ3v) is 4.90. The number of morpholine rings is 1. The highest BCUT2D eigenvalue weighted by molar-refractivity contribution is 7.89. The molecule has 114 valence electrons. The third kappa shape index (κ3) is 3.80. The van der Waals surface area contributed by atoms with Gasteiger partial charge in [-0.3, -0.25) is 0 Å². The van der Waals surface area contributed by atoms with Crippen LogP contribution in [0.15, 0.2) is 23.1 Å². The first-order valence-electron chi connectivity index (χ1n) is 6.53. The van der Waals surface area contributed by atoms with E-state index in [1.807, 2.05) is 0 Å². The van der Waals surface area contributed by atoms with Gasteiger partial charge in [-0.25, -0.2) is 12.8 Å². The van der Waals surface area contributed by atoms with Crippen LogP contribution in [0.3, 0.4) is 0 Å². The van der Waals surface area contributed by atoms with Crippen molar-refractivity contribution in [2.24, 2.45) is 0 Å². The zero-order valence-corrected chi connectivity index (χ0v) is 12.2. The number of aliphatic hydroxyl groups excluding tert-OH is 1. The zero-order chi connectivity index (χ0) is 15.3. The molecule has 0 saturated carbocycles. The number of halogens is 1. The van der Waals surface area contributed by atoms with Crippen molar-refractivity contribution in [3.05, 3.63) is 29.6 Å². The lowest BCUT2D eigenvalue weighted by atomic mass is 10.2. The lowest BCUT2D eigenvalue weighted by molar-refractivity contribution is 0.0730. The van der Waals surface area contributed by atoms with Crippen LogP contribution in [0.1, 0.15) is 12.0 Å². The fourth-order valence-corrected chi connectivity index (χ4v) is 3.33. The van der Waals surface area contributed by atoms with E-state index < -0.39 is 15.8 Å². The molecule has 1 heterocycles. The maximum absolute atomic E-state index is 13.9. The van der Waals surface area contributed by atoms with E-state index in [1.165, 1.54) is 16.4 Å². The molecule has 1 aromatic carbocycles. The maximum Gasteiger partial charge on any atom is 0.243 e. The number of rotatable bonds is 3. The number of aliphatic hydroxyl groups is 1. The first kappa shape index (κ1) is 15.9. The van der Waals surface area contributed by atoms with Crippen LogP contribution < -0.4 is 0 Å². The Labute approximate surface area is 123 Å². The summed E-state index contributed by atoms with van der Waals surface area (Å²) in [5, 5.41) is 8.62. The van der Waals surface area contributed by atoms with Gasteiger partial charge in [0.1, 0.15) is 5.82 Å². The summed E-state index contributed by atoms with van der Waals surface area (Å²) in [4.78, 5) is -0.0883. The summed E-state index contributed by atoms with van der Waals surface area (Å²) >= 11 is 0. The highest BCUT2D eigenvalue weighted by Crippen LogP contribution is 2.19. The molecule has 0 unspecified atom stereocenters. The minimum absolute atomic E-state index is 0.0883. The number of hydrogen-bond donors (Lipinski definition) is 1. The Hall–Kier alpha value is -1.46. The minimum atomic E-state index is -3.70. The fraction of sp³-hybridized carbons (Fsp3) is 0.429. The summed E-state index contributed by atoms with van der Waals surface area (Å²) in [7, 11) is -3.70. The van der Waals surface area contributed by atoms with E-state index in [2.05, 4.69) is 11.8 Å². The van der Waals surface area contributed by atoms with Crippen LogP contribution in [0.5, 0.6) is 0 Å². The van der Waals surface area contributed by atoms with E-state index >= 15 is 0 Å². The van der Waals surface area contributed by atoms with Crippen LogP contribution in [0.2, 0.25) is 0 Å². The molecule has 0 amide bonds. The molecule has 2 rings (SSSR count). The summed E-state index contributed by atoms with van der Waals surface area (Å²) in [5.74, 6) is 4.47. The summed E-state index contributed by atoms with van der Waals surface area (Å²) in [5.41, 5.74) is 0.115. The topological polar surface area (TPSA) is 66.8 Å². The van der Waals surface area contributed by atoms with Crippen molar-refractivity contribution in [3.8, 4) is 11.8 Å². The van der Waals surface area contributed by atoms with Gasteiger partial charge in [0.2, 0.25) is 10.0 Å². The average Bonchev–Trinajstić information content (AvgIpc) is 2.50. The predicted octanol–water partition coefficient (Wildman–Crippen LogP) is 0.581. The van der Waals surface area contributed by atoms with Gasteiger partial charge in [0.15, 0.2) is 0 Å². The van der Waals surface area contributed by atoms with Gasteiger partial charge >= 0.3 is 0 Å². The molecule has 0 radical (unpaired) electrons. The van der Waals surface area contributed by atoms with Gasteiger partial charge in [0.25, 0.3) is 0 Å². The summed E-state index contributed by atoms with van der Waals surface area (Å²) in [6.07, 6.45) is 0.243. The highest BCUT2D eigenvalue weighted by atomic mass is 32.2. The summed E-state index contributed by atoms with van der Waals surface area (Å²) in [6, 6.07) is 3.66. The van der Waals surface area contributed by atoms with Crippen molar-refractivity contribution in [2.75, 3.05) is 32.9 Å². The van der Waals surface area contributed by atoms with Crippen LogP contribution in [0.25, 0.3) is 0 Å². The molecule has 1 aliphatic rings. The Bertz CT molecular complexity index is 657. The monoisotopic (exact) mass is 313 g/mol. The van der Waals surface area contributed by atoms with Crippen molar-refractivity contribution in [1.29, 1.82) is 0 Å². The fourth-order valence-electron chi connectivity index (χ4n) is 1.91. The number of ether oxygens (including phenoxy) is 1. The number of nitrogens with zero attached hydrogens (tertiary/aromatic N) is 1. The van der Waals surface area contributed by atoms with E-state index in [9.17, 15) is 12.8 Å². The van der Waals surface area contributed by atoms with Crippen LogP contribution in [0.4, 0.5) is 4.39 Å². The zero-order valence-electron chi connectivity index (χ0n) is 11.4. The maximum atomic E-state index is 13.9. The van der Waals surface area contributed by atoms with Gasteiger partial charge in [-0.1, -0.05) is 11.8 Å². The van der Waals surface area contributed by atoms with Gasteiger partial charge < -0.3 is 9.84 Å². The van der Waals surface area contributed by atoms with Crippen molar-refractivity contribution >= 4 is 10.0 Å². The molecule has 5 nitrogen and oxygen atoms in total. The standard InChI is InChI=1S/C14H16FNO4S/c15-14-11-13(5-4-12(14)3-1-2-8-17)21(18,19)16-6-9-20-10-7-16/h4-5,11,17H,2,6-10H2. The largest absolute Gasteiger partial charge is 0.395 e. The Morgan fingerprint density at radius 1 is 1.33 bits per heavy atom. The van der Waals surface area contributed by atoms with Crippen LogP contribution in [-0.2, 0) is 14.8 Å². The molecule has 1 fully saturated rings. The van der Waals surface area contributed by atoms with E-state index in [0.717, 1.165) is 6.07 Å². The number of hydrogen-bond acceptors (Lipinski definition) is 4. The van der Waals surface area contributed by atoms with Gasteiger partial charge in [0, 0.05) is 19.5 Å². The Balaban J connectivity index is 2.25. The molecule has 21 heavy (non-hydrogen) atoms. The van der Waals surface area contributed by atoms with Crippen LogP contribution >= 0.6 is 0 Å². The number of benzene rings is 1. The van der Waals surface area contributed by atoms with E-state index in [0.29, 0.717) is 13.2 Å². The van der Waals surface area contributed by atoms with E-state index in [4.69, 9.17) is 9.84 Å². The van der Waals surface area contributed by atoms with Crippen molar-refractivity contribution in [2.45, 2.75) is 11.3 Å². The Morgan fingerprint density at radius 2 is 2.05 bits per heavy atom. The molecular formula is C14H16FNO4S. The van der Waals surface area contributed by atoms with E-state index in [-0.39, 0.29) is 36.6 Å². The Kier molecular flexibility index (Phi) is 5.31. The van der Waals surface area contributed by atoms with Gasteiger partial charge in [-0.05, 0) is 18.2 Å². The lowest BCUT2D eigenvalue weighted by Gasteiger charge is -2.26. The first-order valence-corrected chi connectivity index (χ1v) is 7.97. The second-order valence-corrected chi connectivity index (χ2v) is 6.37. The number of sulfonamides is 1. The summed E-state index contributed by atoms with van der Waals surface area (Å²) < 4.78 is 45.0. The Morgan fingerprint density at radius 3 is 2.67 bits per heavy atom. The highest BCUT2D eigenvalue weighted by Gasteiger charge is 2.26. The minimum Gasteiger partial charge on any atom is -0.395 e. The van der Waals surface area contributed by atoms with Crippen molar-refractivity contribution in [3.63, 3.8) is 0 Å².